The number of halogens is 1. The number of methoxy groups -OCH3 is 1. The Kier molecular flexibility index (Phi) is 8.01. The average Bonchev–Trinajstić information content (AvgIpc) is 2.46. The fourth-order valence-corrected chi connectivity index (χ4v) is 2.34. The van der Waals surface area contributed by atoms with E-state index >= 15 is 0 Å². The van der Waals surface area contributed by atoms with Crippen LogP contribution in [0.1, 0.15) is 39.7 Å². The lowest BCUT2D eigenvalue weighted by atomic mass is 10.2. The number of anilines is 1. The van der Waals surface area contributed by atoms with Gasteiger partial charge in [0.15, 0.2) is 0 Å². The topological polar surface area (TPSA) is 37.4 Å². The average molecular weight is 314 g/mol. The number of rotatable bonds is 9. The zero-order chi connectivity index (χ0) is 15.8. The number of hydrogen-bond acceptors (Lipinski definition) is 4. The van der Waals surface area contributed by atoms with E-state index in [1.807, 2.05) is 12.3 Å². The van der Waals surface area contributed by atoms with Gasteiger partial charge in [-0.3, -0.25) is 0 Å². The van der Waals surface area contributed by atoms with Gasteiger partial charge in [0.05, 0.1) is 11.6 Å². The second-order valence-corrected chi connectivity index (χ2v) is 6.04. The smallest absolute Gasteiger partial charge is 0.147 e. The van der Waals surface area contributed by atoms with Gasteiger partial charge < -0.3 is 15.0 Å². The molecule has 1 rings (SSSR count). The van der Waals surface area contributed by atoms with Crippen molar-refractivity contribution in [1.82, 2.24) is 10.3 Å². The summed E-state index contributed by atoms with van der Waals surface area (Å²) in [6, 6.07) is 2.83. The Balaban J connectivity index is 2.88. The summed E-state index contributed by atoms with van der Waals surface area (Å²) in [4.78, 5) is 6.79. The summed E-state index contributed by atoms with van der Waals surface area (Å²) in [5.74, 6) is 0.844. The molecule has 0 aliphatic heterocycles. The van der Waals surface area contributed by atoms with Gasteiger partial charge >= 0.3 is 0 Å². The molecule has 0 radical (unpaired) electrons. The van der Waals surface area contributed by atoms with Crippen molar-refractivity contribution in [3.8, 4) is 0 Å². The summed E-state index contributed by atoms with van der Waals surface area (Å²) in [5, 5.41) is 4.08. The number of pyridine rings is 1. The molecule has 1 N–H and O–H groups in total. The van der Waals surface area contributed by atoms with Crippen LogP contribution in [0.25, 0.3) is 0 Å². The van der Waals surface area contributed by atoms with E-state index in [1.165, 1.54) is 0 Å². The van der Waals surface area contributed by atoms with Gasteiger partial charge in [0.25, 0.3) is 0 Å². The number of hydrogen-bond donors (Lipinski definition) is 1. The van der Waals surface area contributed by atoms with E-state index in [9.17, 15) is 0 Å². The maximum Gasteiger partial charge on any atom is 0.147 e. The molecule has 0 aliphatic carbocycles. The van der Waals surface area contributed by atoms with Gasteiger partial charge in [0, 0.05) is 38.5 Å². The third-order valence-corrected chi connectivity index (χ3v) is 3.80. The number of ether oxygens (including phenoxy) is 1. The Morgan fingerprint density at radius 3 is 2.62 bits per heavy atom. The number of nitrogens with one attached hydrogen (secondary N) is 1. The first-order valence-electron chi connectivity index (χ1n) is 7.62. The minimum absolute atomic E-state index is 0.379. The summed E-state index contributed by atoms with van der Waals surface area (Å²) >= 11 is 6.45. The van der Waals surface area contributed by atoms with Crippen LogP contribution in [0.5, 0.6) is 0 Å². The molecule has 0 saturated carbocycles. The summed E-state index contributed by atoms with van der Waals surface area (Å²) in [6.07, 6.45) is 2.94. The summed E-state index contributed by atoms with van der Waals surface area (Å²) in [6.45, 7) is 10.8. The molecule has 4 nitrogen and oxygen atoms in total. The molecule has 0 aliphatic rings. The van der Waals surface area contributed by atoms with Gasteiger partial charge in [-0.1, -0.05) is 32.4 Å². The van der Waals surface area contributed by atoms with Gasteiger partial charge in [-0.2, -0.15) is 0 Å². The molecule has 0 bridgehead atoms. The highest BCUT2D eigenvalue weighted by atomic mass is 35.5. The molecule has 0 saturated heterocycles. The molecular weight excluding hydrogens is 286 g/mol. The van der Waals surface area contributed by atoms with Gasteiger partial charge in [0.2, 0.25) is 0 Å². The fourth-order valence-electron chi connectivity index (χ4n) is 2.05. The molecular formula is C16H28ClN3O. The quantitative estimate of drug-likeness (QED) is 0.757. The summed E-state index contributed by atoms with van der Waals surface area (Å²) in [5.41, 5.74) is 1.10. The van der Waals surface area contributed by atoms with E-state index < -0.39 is 0 Å². The standard InChI is InChI=1S/C16H28ClN3O/c1-6-13(4)20(7-8-21-5)16-15(17)9-14(11-19-16)10-18-12(2)3/h9,11-13,18H,6-8,10H2,1-5H3. The minimum atomic E-state index is 0.379. The lowest BCUT2D eigenvalue weighted by Crippen LogP contribution is -2.36. The van der Waals surface area contributed by atoms with Crippen LogP contribution in [-0.4, -0.2) is 37.3 Å². The largest absolute Gasteiger partial charge is 0.383 e. The van der Waals surface area contributed by atoms with E-state index in [-0.39, 0.29) is 0 Å². The van der Waals surface area contributed by atoms with Crippen LogP contribution in [0.2, 0.25) is 5.02 Å². The van der Waals surface area contributed by atoms with Gasteiger partial charge in [-0.15, -0.1) is 0 Å². The van der Waals surface area contributed by atoms with E-state index in [1.54, 1.807) is 7.11 Å². The highest BCUT2D eigenvalue weighted by molar-refractivity contribution is 6.33. The maximum atomic E-state index is 6.45. The molecule has 0 spiro atoms. The van der Waals surface area contributed by atoms with Crippen LogP contribution < -0.4 is 10.2 Å². The van der Waals surface area contributed by atoms with Gasteiger partial charge in [-0.25, -0.2) is 4.98 Å². The van der Waals surface area contributed by atoms with Crippen LogP contribution >= 0.6 is 11.6 Å². The van der Waals surface area contributed by atoms with Crippen molar-refractivity contribution >= 4 is 17.4 Å². The Morgan fingerprint density at radius 2 is 2.10 bits per heavy atom. The molecule has 21 heavy (non-hydrogen) atoms. The predicted molar refractivity (Wildman–Crippen MR) is 90.2 cm³/mol. The first-order valence-corrected chi connectivity index (χ1v) is 8.00. The molecule has 1 atom stereocenters. The van der Waals surface area contributed by atoms with E-state index in [0.29, 0.717) is 23.7 Å². The molecule has 5 heteroatoms. The SMILES string of the molecule is CCC(C)N(CCOC)c1ncc(CNC(C)C)cc1Cl. The Hall–Kier alpha value is -0.840. The van der Waals surface area contributed by atoms with Crippen molar-refractivity contribution in [2.75, 3.05) is 25.2 Å². The molecule has 1 aromatic heterocycles. The molecule has 0 amide bonds. The molecule has 1 unspecified atom stereocenters. The van der Waals surface area contributed by atoms with E-state index in [2.05, 4.69) is 42.9 Å². The first-order chi connectivity index (χ1) is 9.99. The van der Waals surface area contributed by atoms with Gasteiger partial charge in [-0.05, 0) is 25.0 Å². The van der Waals surface area contributed by atoms with Crippen molar-refractivity contribution in [3.63, 3.8) is 0 Å². The summed E-state index contributed by atoms with van der Waals surface area (Å²) < 4.78 is 5.19. The lowest BCUT2D eigenvalue weighted by Gasteiger charge is -2.30. The highest BCUT2D eigenvalue weighted by Gasteiger charge is 2.17. The monoisotopic (exact) mass is 313 g/mol. The number of nitrogens with zero attached hydrogens (tertiary/aromatic N) is 2. The van der Waals surface area contributed by atoms with Crippen LogP contribution in [0.3, 0.4) is 0 Å². The second-order valence-electron chi connectivity index (χ2n) is 5.63. The third-order valence-electron chi connectivity index (χ3n) is 3.52. The highest BCUT2D eigenvalue weighted by Crippen LogP contribution is 2.26. The van der Waals surface area contributed by atoms with Gasteiger partial charge in [0.1, 0.15) is 5.82 Å². The zero-order valence-electron chi connectivity index (χ0n) is 13.8. The van der Waals surface area contributed by atoms with Crippen molar-refractivity contribution in [3.05, 3.63) is 22.8 Å². The fraction of sp³-hybridized carbons (Fsp3) is 0.688. The summed E-state index contributed by atoms with van der Waals surface area (Å²) in [7, 11) is 1.71. The molecule has 0 aromatic carbocycles. The van der Waals surface area contributed by atoms with Crippen LogP contribution in [0, 0.1) is 0 Å². The van der Waals surface area contributed by atoms with E-state index in [4.69, 9.17) is 16.3 Å². The molecule has 0 fully saturated rings. The number of aromatic nitrogens is 1. The van der Waals surface area contributed by atoms with Crippen molar-refractivity contribution in [1.29, 1.82) is 0 Å². The van der Waals surface area contributed by atoms with Crippen LogP contribution in [0.4, 0.5) is 5.82 Å². The van der Waals surface area contributed by atoms with Crippen LogP contribution in [0.15, 0.2) is 12.3 Å². The lowest BCUT2D eigenvalue weighted by molar-refractivity contribution is 0.203. The van der Waals surface area contributed by atoms with Crippen molar-refractivity contribution < 1.29 is 4.74 Å². The Morgan fingerprint density at radius 1 is 1.38 bits per heavy atom. The normalized spacial score (nSPS) is 12.7. The van der Waals surface area contributed by atoms with Crippen LogP contribution in [-0.2, 0) is 11.3 Å². The predicted octanol–water partition coefficient (Wildman–Crippen LogP) is 3.48. The maximum absolute atomic E-state index is 6.45. The molecule has 120 valence electrons. The van der Waals surface area contributed by atoms with Crippen molar-refractivity contribution in [2.24, 2.45) is 0 Å². The third kappa shape index (κ3) is 5.81. The zero-order valence-corrected chi connectivity index (χ0v) is 14.6. The minimum Gasteiger partial charge on any atom is -0.383 e. The Bertz CT molecular complexity index is 426. The van der Waals surface area contributed by atoms with Crippen molar-refractivity contribution in [2.45, 2.75) is 52.7 Å². The van der Waals surface area contributed by atoms with E-state index in [0.717, 1.165) is 30.9 Å². The molecule has 1 heterocycles. The molecule has 1 aromatic rings. The second kappa shape index (κ2) is 9.23. The Labute approximate surface area is 133 Å². The first kappa shape index (κ1) is 18.2.